The van der Waals surface area contributed by atoms with E-state index in [-0.39, 0.29) is 24.8 Å². The van der Waals surface area contributed by atoms with E-state index in [0.717, 1.165) is 5.56 Å². The fourth-order valence-corrected chi connectivity index (χ4v) is 2.34. The summed E-state index contributed by atoms with van der Waals surface area (Å²) in [5.41, 5.74) is 0.975. The summed E-state index contributed by atoms with van der Waals surface area (Å²) in [6.45, 7) is -0.0285. The number of hydrogen-bond donors (Lipinski definition) is 3. The van der Waals surface area contributed by atoms with Gasteiger partial charge < -0.3 is 29.8 Å². The van der Waals surface area contributed by atoms with E-state index in [1.807, 2.05) is 12.1 Å². The van der Waals surface area contributed by atoms with E-state index in [1.165, 1.54) is 12.3 Å². The highest BCUT2D eigenvalue weighted by Crippen LogP contribution is 2.27. The first-order valence-electron chi connectivity index (χ1n) is 8.59. The summed E-state index contributed by atoms with van der Waals surface area (Å²) in [5.74, 6) is 0.0636. The molecule has 2 rings (SSSR count). The van der Waals surface area contributed by atoms with Crippen LogP contribution >= 0.6 is 0 Å². The van der Waals surface area contributed by atoms with E-state index in [1.54, 1.807) is 26.4 Å². The highest BCUT2D eigenvalue weighted by atomic mass is 16.5. The Bertz CT molecular complexity index is 804. The average Bonchev–Trinajstić information content (AvgIpc) is 3.25. The zero-order chi connectivity index (χ0) is 20.4. The molecule has 150 valence electrons. The monoisotopic (exact) mass is 389 g/mol. The second-order valence-electron chi connectivity index (χ2n) is 5.73. The van der Waals surface area contributed by atoms with Crippen LogP contribution in [0.5, 0.6) is 11.5 Å². The average molecular weight is 389 g/mol. The molecule has 28 heavy (non-hydrogen) atoms. The van der Waals surface area contributed by atoms with Gasteiger partial charge >= 0.3 is 0 Å². The Morgan fingerprint density at radius 1 is 0.929 bits per heavy atom. The van der Waals surface area contributed by atoms with Gasteiger partial charge in [0.25, 0.3) is 5.91 Å². The molecule has 0 saturated carbocycles. The van der Waals surface area contributed by atoms with Crippen LogP contribution in [0.15, 0.2) is 41.0 Å². The fourth-order valence-electron chi connectivity index (χ4n) is 2.34. The first-order chi connectivity index (χ1) is 13.5. The van der Waals surface area contributed by atoms with E-state index in [2.05, 4.69) is 16.0 Å². The van der Waals surface area contributed by atoms with E-state index >= 15 is 0 Å². The lowest BCUT2D eigenvalue weighted by molar-refractivity contribution is -0.125. The van der Waals surface area contributed by atoms with Crippen molar-refractivity contribution in [2.75, 3.05) is 33.9 Å². The number of carbonyl (C=O) groups is 3. The smallest absolute Gasteiger partial charge is 0.287 e. The number of hydrogen-bond acceptors (Lipinski definition) is 6. The molecule has 3 N–H and O–H groups in total. The second-order valence-corrected chi connectivity index (χ2v) is 5.73. The molecule has 0 aliphatic rings. The summed E-state index contributed by atoms with van der Waals surface area (Å²) in [6.07, 6.45) is 1.96. The number of furan rings is 1. The van der Waals surface area contributed by atoms with Crippen LogP contribution in [0, 0.1) is 0 Å². The van der Waals surface area contributed by atoms with Gasteiger partial charge in [-0.3, -0.25) is 14.4 Å². The molecule has 3 amide bonds. The molecule has 2 aromatic rings. The molecular weight excluding hydrogens is 366 g/mol. The predicted octanol–water partition coefficient (Wildman–Crippen LogP) is 0.502. The van der Waals surface area contributed by atoms with Gasteiger partial charge in [-0.25, -0.2) is 0 Å². The van der Waals surface area contributed by atoms with Gasteiger partial charge in [0.1, 0.15) is 0 Å². The van der Waals surface area contributed by atoms with Crippen molar-refractivity contribution in [1.82, 2.24) is 16.0 Å². The lowest BCUT2D eigenvalue weighted by atomic mass is 10.1. The SMILES string of the molecule is COc1ccc(CCNC(=O)CNC(=O)CNC(=O)c2ccco2)cc1OC. The van der Waals surface area contributed by atoms with Crippen molar-refractivity contribution in [3.05, 3.63) is 47.9 Å². The van der Waals surface area contributed by atoms with Crippen LogP contribution in [0.4, 0.5) is 0 Å². The summed E-state index contributed by atoms with van der Waals surface area (Å²) in [5, 5.41) is 7.54. The van der Waals surface area contributed by atoms with Crippen molar-refractivity contribution >= 4 is 17.7 Å². The molecule has 1 heterocycles. The third kappa shape index (κ3) is 6.35. The maximum absolute atomic E-state index is 11.8. The number of methoxy groups -OCH3 is 2. The molecule has 0 atom stereocenters. The first kappa shape index (κ1) is 20.8. The fraction of sp³-hybridized carbons (Fsp3) is 0.316. The Morgan fingerprint density at radius 3 is 2.32 bits per heavy atom. The minimum atomic E-state index is -0.500. The van der Waals surface area contributed by atoms with Gasteiger partial charge in [-0.1, -0.05) is 6.07 Å². The quantitative estimate of drug-likeness (QED) is 0.545. The highest BCUT2D eigenvalue weighted by molar-refractivity contribution is 5.94. The molecule has 0 radical (unpaired) electrons. The van der Waals surface area contributed by atoms with Crippen LogP contribution in [-0.4, -0.2) is 51.6 Å². The Hall–Kier alpha value is -3.49. The van der Waals surface area contributed by atoms with Gasteiger partial charge in [0, 0.05) is 6.54 Å². The predicted molar refractivity (Wildman–Crippen MR) is 100 cm³/mol. The topological polar surface area (TPSA) is 119 Å². The third-order valence-corrected chi connectivity index (χ3v) is 3.78. The van der Waals surface area contributed by atoms with Gasteiger partial charge in [0.05, 0.1) is 33.6 Å². The van der Waals surface area contributed by atoms with Crippen molar-refractivity contribution in [3.63, 3.8) is 0 Å². The number of carbonyl (C=O) groups excluding carboxylic acids is 3. The van der Waals surface area contributed by atoms with E-state index in [4.69, 9.17) is 13.9 Å². The molecule has 0 unspecified atom stereocenters. The maximum atomic E-state index is 11.8. The zero-order valence-electron chi connectivity index (χ0n) is 15.7. The van der Waals surface area contributed by atoms with Crippen molar-refractivity contribution in [1.29, 1.82) is 0 Å². The number of rotatable bonds is 10. The van der Waals surface area contributed by atoms with Crippen LogP contribution in [0.1, 0.15) is 16.1 Å². The van der Waals surface area contributed by atoms with Gasteiger partial charge in [-0.05, 0) is 36.2 Å². The molecule has 9 nitrogen and oxygen atoms in total. The number of nitrogens with one attached hydrogen (secondary N) is 3. The molecule has 1 aromatic carbocycles. The minimum Gasteiger partial charge on any atom is -0.493 e. The molecular formula is C19H23N3O6. The van der Waals surface area contributed by atoms with Crippen LogP contribution in [-0.2, 0) is 16.0 Å². The Kier molecular flexibility index (Phi) is 7.89. The van der Waals surface area contributed by atoms with Gasteiger partial charge in [0.15, 0.2) is 17.3 Å². The molecule has 1 aromatic heterocycles. The standard InChI is InChI=1S/C19H23N3O6/c1-26-14-6-5-13(10-16(14)27-2)7-8-20-17(23)11-21-18(24)12-22-19(25)15-4-3-9-28-15/h3-6,9-10H,7-8,11-12H2,1-2H3,(H,20,23)(H,21,24)(H,22,25). The minimum absolute atomic E-state index is 0.112. The van der Waals surface area contributed by atoms with Gasteiger partial charge in [0.2, 0.25) is 11.8 Å². The molecule has 0 spiro atoms. The van der Waals surface area contributed by atoms with E-state index in [9.17, 15) is 14.4 Å². The summed E-state index contributed by atoms with van der Waals surface area (Å²) >= 11 is 0. The van der Waals surface area contributed by atoms with Crippen LogP contribution in [0.2, 0.25) is 0 Å². The lowest BCUT2D eigenvalue weighted by Crippen LogP contribution is -2.42. The highest BCUT2D eigenvalue weighted by Gasteiger charge is 2.11. The van der Waals surface area contributed by atoms with Crippen LogP contribution < -0.4 is 25.4 Å². The first-order valence-corrected chi connectivity index (χ1v) is 8.59. The Balaban J connectivity index is 1.64. The Morgan fingerprint density at radius 2 is 1.64 bits per heavy atom. The molecule has 0 fully saturated rings. The van der Waals surface area contributed by atoms with Crippen molar-refractivity contribution in [2.24, 2.45) is 0 Å². The summed E-state index contributed by atoms with van der Waals surface area (Å²) in [6, 6.07) is 8.58. The molecule has 9 heteroatoms. The summed E-state index contributed by atoms with van der Waals surface area (Å²) in [7, 11) is 3.12. The van der Waals surface area contributed by atoms with Gasteiger partial charge in [-0.2, -0.15) is 0 Å². The Labute approximate surface area is 162 Å². The molecule has 0 bridgehead atoms. The zero-order valence-corrected chi connectivity index (χ0v) is 15.7. The summed E-state index contributed by atoms with van der Waals surface area (Å²) < 4.78 is 15.3. The summed E-state index contributed by atoms with van der Waals surface area (Å²) in [4.78, 5) is 35.1. The van der Waals surface area contributed by atoms with E-state index < -0.39 is 11.8 Å². The lowest BCUT2D eigenvalue weighted by Gasteiger charge is -2.10. The number of ether oxygens (including phenoxy) is 2. The molecule has 0 aliphatic carbocycles. The van der Waals surface area contributed by atoms with Crippen LogP contribution in [0.25, 0.3) is 0 Å². The van der Waals surface area contributed by atoms with Crippen molar-refractivity contribution < 1.29 is 28.3 Å². The van der Waals surface area contributed by atoms with E-state index in [0.29, 0.717) is 24.5 Å². The largest absolute Gasteiger partial charge is 0.493 e. The second kappa shape index (κ2) is 10.6. The molecule has 0 saturated heterocycles. The normalized spacial score (nSPS) is 10.1. The number of benzene rings is 1. The third-order valence-electron chi connectivity index (χ3n) is 3.78. The van der Waals surface area contributed by atoms with Crippen molar-refractivity contribution in [2.45, 2.75) is 6.42 Å². The van der Waals surface area contributed by atoms with Crippen LogP contribution in [0.3, 0.4) is 0 Å². The van der Waals surface area contributed by atoms with Crippen molar-refractivity contribution in [3.8, 4) is 11.5 Å². The maximum Gasteiger partial charge on any atom is 0.287 e. The number of amides is 3. The van der Waals surface area contributed by atoms with Gasteiger partial charge in [-0.15, -0.1) is 0 Å². The molecule has 0 aliphatic heterocycles.